The average Bonchev–Trinajstić information content (AvgIpc) is 2.44. The zero-order chi connectivity index (χ0) is 16.3. The molecule has 2 aromatic rings. The monoisotopic (exact) mass is 340 g/mol. The van der Waals surface area contributed by atoms with Crippen LogP contribution in [0.15, 0.2) is 36.4 Å². The molecule has 1 unspecified atom stereocenters. The van der Waals surface area contributed by atoms with Gasteiger partial charge in [0.25, 0.3) is 5.91 Å². The Morgan fingerprint density at radius 3 is 2.32 bits per heavy atom. The molecule has 0 aliphatic heterocycles. The first-order valence-corrected chi connectivity index (χ1v) is 6.78. The van der Waals surface area contributed by atoms with Gasteiger partial charge in [0.1, 0.15) is 17.7 Å². The molecule has 0 saturated carbocycles. The number of benzene rings is 2. The van der Waals surface area contributed by atoms with E-state index in [0.717, 1.165) is 12.1 Å². The van der Waals surface area contributed by atoms with Crippen LogP contribution in [0.3, 0.4) is 0 Å². The van der Waals surface area contributed by atoms with Crippen molar-refractivity contribution < 1.29 is 13.6 Å². The molecule has 0 heterocycles. The van der Waals surface area contributed by atoms with Crippen molar-refractivity contribution in [3.63, 3.8) is 0 Å². The van der Waals surface area contributed by atoms with Gasteiger partial charge in [-0.15, -0.1) is 0 Å². The van der Waals surface area contributed by atoms with Crippen LogP contribution in [0.25, 0.3) is 0 Å². The molecule has 3 nitrogen and oxygen atoms in total. The topological polar surface area (TPSA) is 52.9 Å². The number of amides is 1. The third kappa shape index (κ3) is 3.73. The zero-order valence-electron chi connectivity index (χ0n) is 10.9. The van der Waals surface area contributed by atoms with Gasteiger partial charge in [-0.2, -0.15) is 5.26 Å². The molecule has 1 N–H and O–H groups in total. The second kappa shape index (κ2) is 6.73. The van der Waals surface area contributed by atoms with E-state index in [1.807, 2.05) is 0 Å². The molecule has 112 valence electrons. The predicted octanol–water partition coefficient (Wildman–Crippen LogP) is 4.27. The highest BCUT2D eigenvalue weighted by Crippen LogP contribution is 2.21. The molecule has 0 spiro atoms. The highest BCUT2D eigenvalue weighted by Gasteiger charge is 2.19. The van der Waals surface area contributed by atoms with Crippen molar-refractivity contribution in [2.75, 3.05) is 0 Å². The number of carbonyl (C=O) groups is 1. The summed E-state index contributed by atoms with van der Waals surface area (Å²) < 4.78 is 26.6. The summed E-state index contributed by atoms with van der Waals surface area (Å²) in [5.74, 6) is -2.35. The molecule has 7 heteroatoms. The van der Waals surface area contributed by atoms with Crippen molar-refractivity contribution in [2.24, 2.45) is 0 Å². The highest BCUT2D eigenvalue weighted by atomic mass is 35.5. The Balaban J connectivity index is 2.26. The molecule has 0 aromatic heterocycles. The lowest BCUT2D eigenvalue weighted by Crippen LogP contribution is -2.28. The van der Waals surface area contributed by atoms with Crippen LogP contribution < -0.4 is 5.32 Å². The maximum Gasteiger partial charge on any atom is 0.252 e. The first-order chi connectivity index (χ1) is 10.4. The number of hydrogen-bond donors (Lipinski definition) is 1. The molecular weight excluding hydrogens is 333 g/mol. The molecule has 0 saturated heterocycles. The fourth-order valence-electron chi connectivity index (χ4n) is 1.81. The number of nitrogens with zero attached hydrogens (tertiary/aromatic N) is 1. The second-order valence-electron chi connectivity index (χ2n) is 4.36. The summed E-state index contributed by atoms with van der Waals surface area (Å²) in [6.45, 7) is 0. The summed E-state index contributed by atoms with van der Waals surface area (Å²) in [5, 5.41) is 11.9. The maximum atomic E-state index is 13.7. The second-order valence-corrected chi connectivity index (χ2v) is 5.23. The highest BCUT2D eigenvalue weighted by molar-refractivity contribution is 6.35. The van der Waals surface area contributed by atoms with E-state index in [1.54, 1.807) is 6.07 Å². The van der Waals surface area contributed by atoms with Gasteiger partial charge in [-0.05, 0) is 24.3 Å². The summed E-state index contributed by atoms with van der Waals surface area (Å²) >= 11 is 11.6. The third-order valence-corrected chi connectivity index (χ3v) is 3.24. The molecule has 2 aromatic carbocycles. The number of nitrogens with one attached hydrogen (secondary N) is 1. The minimum atomic E-state index is -1.27. The molecule has 22 heavy (non-hydrogen) atoms. The molecule has 0 aliphatic rings. The Kier molecular flexibility index (Phi) is 4.96. The van der Waals surface area contributed by atoms with E-state index in [2.05, 4.69) is 5.32 Å². The van der Waals surface area contributed by atoms with E-state index in [-0.39, 0.29) is 21.2 Å². The lowest BCUT2D eigenvalue weighted by molar-refractivity contribution is 0.0944. The SMILES string of the molecule is N#CC(NC(=O)c1cc(Cl)cc(Cl)c1)c1ccc(F)cc1F. The van der Waals surface area contributed by atoms with E-state index < -0.39 is 23.6 Å². The van der Waals surface area contributed by atoms with Crippen LogP contribution >= 0.6 is 23.2 Å². The lowest BCUT2D eigenvalue weighted by atomic mass is 10.1. The third-order valence-electron chi connectivity index (χ3n) is 2.80. The smallest absolute Gasteiger partial charge is 0.252 e. The Morgan fingerprint density at radius 2 is 1.77 bits per heavy atom. The van der Waals surface area contributed by atoms with Gasteiger partial charge >= 0.3 is 0 Å². The molecule has 1 amide bonds. The molecule has 0 radical (unpaired) electrons. The number of nitriles is 1. The first kappa shape index (κ1) is 16.2. The predicted molar refractivity (Wildman–Crippen MR) is 78.6 cm³/mol. The van der Waals surface area contributed by atoms with Gasteiger partial charge in [0, 0.05) is 27.2 Å². The van der Waals surface area contributed by atoms with E-state index in [0.29, 0.717) is 6.07 Å². The Morgan fingerprint density at radius 1 is 1.14 bits per heavy atom. The zero-order valence-corrected chi connectivity index (χ0v) is 12.4. The Bertz CT molecular complexity index is 754. The minimum absolute atomic E-state index is 0.125. The van der Waals surface area contributed by atoms with Crippen LogP contribution in [0.4, 0.5) is 8.78 Å². The van der Waals surface area contributed by atoms with Crippen molar-refractivity contribution in [1.82, 2.24) is 5.32 Å². The lowest BCUT2D eigenvalue weighted by Gasteiger charge is -2.13. The molecule has 0 aliphatic carbocycles. The van der Waals surface area contributed by atoms with Crippen LogP contribution in [0.1, 0.15) is 22.0 Å². The fourth-order valence-corrected chi connectivity index (χ4v) is 2.34. The maximum absolute atomic E-state index is 13.7. The molecule has 0 bridgehead atoms. The van der Waals surface area contributed by atoms with Gasteiger partial charge in [-0.3, -0.25) is 4.79 Å². The van der Waals surface area contributed by atoms with Gasteiger partial charge in [0.05, 0.1) is 6.07 Å². The van der Waals surface area contributed by atoms with Crippen molar-refractivity contribution in [3.05, 3.63) is 69.2 Å². The van der Waals surface area contributed by atoms with Crippen LogP contribution in [0, 0.1) is 23.0 Å². The molecule has 0 fully saturated rings. The van der Waals surface area contributed by atoms with E-state index in [9.17, 15) is 13.6 Å². The van der Waals surface area contributed by atoms with Gasteiger partial charge in [0.15, 0.2) is 0 Å². The first-order valence-electron chi connectivity index (χ1n) is 6.02. The van der Waals surface area contributed by atoms with Crippen LogP contribution in [0.5, 0.6) is 0 Å². The molecule has 2 rings (SSSR count). The number of halogens is 4. The van der Waals surface area contributed by atoms with E-state index >= 15 is 0 Å². The standard InChI is InChI=1S/C15H8Cl2F2N2O/c16-9-3-8(4-10(17)5-9)15(22)21-14(7-20)12-2-1-11(18)6-13(12)19/h1-6,14H,(H,21,22). The average molecular weight is 341 g/mol. The van der Waals surface area contributed by atoms with Gasteiger partial charge in [-0.25, -0.2) is 8.78 Å². The van der Waals surface area contributed by atoms with Crippen molar-refractivity contribution >= 4 is 29.1 Å². The van der Waals surface area contributed by atoms with Gasteiger partial charge in [-0.1, -0.05) is 29.3 Å². The Labute approximate surface area is 135 Å². The Hall–Kier alpha value is -2.16. The summed E-state index contributed by atoms with van der Waals surface area (Å²) in [5.41, 5.74) is -0.00866. The van der Waals surface area contributed by atoms with Crippen LogP contribution in [0.2, 0.25) is 10.0 Å². The van der Waals surface area contributed by atoms with E-state index in [1.165, 1.54) is 18.2 Å². The summed E-state index contributed by atoms with van der Waals surface area (Å²) in [7, 11) is 0. The number of rotatable bonds is 3. The number of hydrogen-bond acceptors (Lipinski definition) is 2. The minimum Gasteiger partial charge on any atom is -0.332 e. The fraction of sp³-hybridized carbons (Fsp3) is 0.0667. The van der Waals surface area contributed by atoms with Crippen LogP contribution in [-0.2, 0) is 0 Å². The van der Waals surface area contributed by atoms with Gasteiger partial charge < -0.3 is 5.32 Å². The van der Waals surface area contributed by atoms with E-state index in [4.69, 9.17) is 28.5 Å². The summed E-state index contributed by atoms with van der Waals surface area (Å²) in [4.78, 5) is 12.1. The van der Waals surface area contributed by atoms with Crippen molar-refractivity contribution in [1.29, 1.82) is 5.26 Å². The summed E-state index contributed by atoms with van der Waals surface area (Å²) in [6.07, 6.45) is 0. The normalized spacial score (nSPS) is 11.6. The molecule has 1 atom stereocenters. The number of carbonyl (C=O) groups excluding carboxylic acids is 1. The quantitative estimate of drug-likeness (QED) is 0.907. The largest absolute Gasteiger partial charge is 0.332 e. The summed E-state index contributed by atoms with van der Waals surface area (Å²) in [6, 6.07) is 7.39. The molecular formula is C15H8Cl2F2N2O. The van der Waals surface area contributed by atoms with Crippen LogP contribution in [-0.4, -0.2) is 5.91 Å². The van der Waals surface area contributed by atoms with Crippen molar-refractivity contribution in [2.45, 2.75) is 6.04 Å². The van der Waals surface area contributed by atoms with Gasteiger partial charge in [0.2, 0.25) is 0 Å². The van der Waals surface area contributed by atoms with Crippen molar-refractivity contribution in [3.8, 4) is 6.07 Å².